The summed E-state index contributed by atoms with van der Waals surface area (Å²) in [5.74, 6) is -0.465. The second-order valence-corrected chi connectivity index (χ2v) is 4.55. The molecule has 98 valence electrons. The summed E-state index contributed by atoms with van der Waals surface area (Å²) in [6.45, 7) is 5.17. The van der Waals surface area contributed by atoms with Crippen LogP contribution < -0.4 is 4.74 Å². The first kappa shape index (κ1) is 14.0. The van der Waals surface area contributed by atoms with E-state index in [2.05, 4.69) is 4.74 Å². The predicted molar refractivity (Wildman–Crippen MR) is 64.6 cm³/mol. The van der Waals surface area contributed by atoms with E-state index in [0.29, 0.717) is 0 Å². The van der Waals surface area contributed by atoms with Crippen LogP contribution in [-0.4, -0.2) is 24.8 Å². The molecule has 0 heterocycles. The predicted octanol–water partition coefficient (Wildman–Crippen LogP) is 2.79. The van der Waals surface area contributed by atoms with Crippen LogP contribution in [0, 0.1) is 0 Å². The van der Waals surface area contributed by atoms with Gasteiger partial charge in [-0.25, -0.2) is 9.59 Å². The summed E-state index contributed by atoms with van der Waals surface area (Å²) in [6.07, 6.45) is -0.862. The quantitative estimate of drug-likeness (QED) is 0.598. The summed E-state index contributed by atoms with van der Waals surface area (Å²) in [5, 5.41) is 0. The van der Waals surface area contributed by atoms with E-state index in [0.717, 1.165) is 0 Å². The first-order valence-corrected chi connectivity index (χ1v) is 5.41. The summed E-state index contributed by atoms with van der Waals surface area (Å²) in [7, 11) is 1.26. The minimum Gasteiger partial charge on any atom is -0.465 e. The van der Waals surface area contributed by atoms with Gasteiger partial charge in [0.25, 0.3) is 0 Å². The molecule has 1 rings (SSSR count). The lowest BCUT2D eigenvalue weighted by atomic mass is 10.2. The van der Waals surface area contributed by atoms with E-state index in [1.165, 1.54) is 19.2 Å². The number of para-hydroxylation sites is 1. The van der Waals surface area contributed by atoms with Crippen molar-refractivity contribution in [1.29, 1.82) is 0 Å². The van der Waals surface area contributed by atoms with Crippen molar-refractivity contribution in [2.45, 2.75) is 26.4 Å². The molecule has 0 aromatic heterocycles. The zero-order chi connectivity index (χ0) is 13.8. The van der Waals surface area contributed by atoms with E-state index >= 15 is 0 Å². The smallest absolute Gasteiger partial charge is 0.465 e. The Kier molecular flexibility index (Phi) is 4.31. The van der Waals surface area contributed by atoms with Gasteiger partial charge >= 0.3 is 12.1 Å². The monoisotopic (exact) mass is 252 g/mol. The summed E-state index contributed by atoms with van der Waals surface area (Å²) < 4.78 is 14.6. The van der Waals surface area contributed by atoms with Crippen LogP contribution in [0.4, 0.5) is 4.79 Å². The average Bonchev–Trinajstić information content (AvgIpc) is 2.26. The molecule has 0 aliphatic heterocycles. The molecule has 0 aliphatic rings. The largest absolute Gasteiger partial charge is 0.514 e. The molecule has 5 nitrogen and oxygen atoms in total. The number of hydrogen-bond acceptors (Lipinski definition) is 5. The van der Waals surface area contributed by atoms with Gasteiger partial charge in [0.1, 0.15) is 16.9 Å². The molecule has 1 aromatic rings. The standard InChI is InChI=1S/C13H16O5/c1-13(2,3)18-12(15)17-10-8-6-5-7-9(10)11(14)16-4/h5-8H,1-4H3. The number of carbonyl (C=O) groups is 2. The Hall–Kier alpha value is -2.04. The van der Waals surface area contributed by atoms with E-state index in [9.17, 15) is 9.59 Å². The third kappa shape index (κ3) is 4.08. The fourth-order valence-electron chi connectivity index (χ4n) is 1.19. The van der Waals surface area contributed by atoms with Crippen LogP contribution in [0.2, 0.25) is 0 Å². The van der Waals surface area contributed by atoms with Gasteiger partial charge in [0.15, 0.2) is 0 Å². The van der Waals surface area contributed by atoms with E-state index in [4.69, 9.17) is 9.47 Å². The number of esters is 1. The first-order chi connectivity index (χ1) is 8.33. The molecular weight excluding hydrogens is 236 g/mol. The number of carbonyl (C=O) groups excluding carboxylic acids is 2. The molecule has 0 aliphatic carbocycles. The Morgan fingerprint density at radius 2 is 1.72 bits per heavy atom. The molecule has 18 heavy (non-hydrogen) atoms. The van der Waals surface area contributed by atoms with E-state index in [-0.39, 0.29) is 11.3 Å². The van der Waals surface area contributed by atoms with Crippen LogP contribution in [0.15, 0.2) is 24.3 Å². The maximum Gasteiger partial charge on any atom is 0.514 e. The van der Waals surface area contributed by atoms with Gasteiger partial charge in [-0.15, -0.1) is 0 Å². The van der Waals surface area contributed by atoms with Gasteiger partial charge in [-0.3, -0.25) is 0 Å². The Morgan fingerprint density at radius 1 is 1.11 bits per heavy atom. The van der Waals surface area contributed by atoms with Crippen molar-refractivity contribution >= 4 is 12.1 Å². The van der Waals surface area contributed by atoms with Crippen LogP contribution in [-0.2, 0) is 9.47 Å². The molecule has 0 radical (unpaired) electrons. The third-order valence-corrected chi connectivity index (χ3v) is 1.88. The second kappa shape index (κ2) is 5.53. The SMILES string of the molecule is COC(=O)c1ccccc1OC(=O)OC(C)(C)C. The zero-order valence-corrected chi connectivity index (χ0v) is 10.9. The first-order valence-electron chi connectivity index (χ1n) is 5.41. The number of methoxy groups -OCH3 is 1. The lowest BCUT2D eigenvalue weighted by Crippen LogP contribution is -2.26. The highest BCUT2D eigenvalue weighted by Gasteiger charge is 2.20. The van der Waals surface area contributed by atoms with Crippen molar-refractivity contribution in [1.82, 2.24) is 0 Å². The van der Waals surface area contributed by atoms with Crippen molar-refractivity contribution in [3.63, 3.8) is 0 Å². The van der Waals surface area contributed by atoms with Crippen molar-refractivity contribution in [3.05, 3.63) is 29.8 Å². The van der Waals surface area contributed by atoms with Crippen LogP contribution in [0.1, 0.15) is 31.1 Å². The van der Waals surface area contributed by atoms with Crippen molar-refractivity contribution in [3.8, 4) is 5.75 Å². The summed E-state index contributed by atoms with van der Waals surface area (Å²) in [5.41, 5.74) is -0.483. The molecular formula is C13H16O5. The van der Waals surface area contributed by atoms with Gasteiger partial charge in [0.05, 0.1) is 7.11 Å². The third-order valence-electron chi connectivity index (χ3n) is 1.88. The van der Waals surface area contributed by atoms with Gasteiger partial charge in [-0.1, -0.05) is 12.1 Å². The number of benzene rings is 1. The molecule has 0 spiro atoms. The van der Waals surface area contributed by atoms with E-state index in [1.807, 2.05) is 0 Å². The Bertz CT molecular complexity index is 445. The van der Waals surface area contributed by atoms with Crippen LogP contribution in [0.5, 0.6) is 5.75 Å². The van der Waals surface area contributed by atoms with Gasteiger partial charge in [0, 0.05) is 0 Å². The average molecular weight is 252 g/mol. The molecule has 0 fully saturated rings. The lowest BCUT2D eigenvalue weighted by Gasteiger charge is -2.19. The maximum atomic E-state index is 11.5. The van der Waals surface area contributed by atoms with Crippen LogP contribution in [0.25, 0.3) is 0 Å². The molecule has 1 aromatic carbocycles. The molecule has 0 N–H and O–H groups in total. The van der Waals surface area contributed by atoms with Crippen molar-refractivity contribution < 1.29 is 23.8 Å². The molecule has 0 bridgehead atoms. The highest BCUT2D eigenvalue weighted by atomic mass is 16.7. The second-order valence-electron chi connectivity index (χ2n) is 4.55. The van der Waals surface area contributed by atoms with Gasteiger partial charge in [-0.2, -0.15) is 0 Å². The highest BCUT2D eigenvalue weighted by molar-refractivity contribution is 5.93. The Labute approximate surface area is 106 Å². The van der Waals surface area contributed by atoms with E-state index in [1.54, 1.807) is 32.9 Å². The minimum atomic E-state index is -0.862. The lowest BCUT2D eigenvalue weighted by molar-refractivity contribution is 0.0203. The van der Waals surface area contributed by atoms with E-state index < -0.39 is 17.7 Å². The number of rotatable bonds is 2. The van der Waals surface area contributed by atoms with Crippen LogP contribution in [0.3, 0.4) is 0 Å². The van der Waals surface area contributed by atoms with Crippen molar-refractivity contribution in [2.24, 2.45) is 0 Å². The fraction of sp³-hybridized carbons (Fsp3) is 0.385. The zero-order valence-electron chi connectivity index (χ0n) is 10.9. The minimum absolute atomic E-state index is 0.110. The van der Waals surface area contributed by atoms with Crippen LogP contribution >= 0.6 is 0 Å². The van der Waals surface area contributed by atoms with Crippen molar-refractivity contribution in [2.75, 3.05) is 7.11 Å². The molecule has 0 saturated carbocycles. The number of hydrogen-bond donors (Lipinski definition) is 0. The highest BCUT2D eigenvalue weighted by Crippen LogP contribution is 2.20. The summed E-state index contributed by atoms with van der Waals surface area (Å²) in [6, 6.07) is 6.29. The summed E-state index contributed by atoms with van der Waals surface area (Å²) in [4.78, 5) is 22.9. The fourth-order valence-corrected chi connectivity index (χ4v) is 1.19. The van der Waals surface area contributed by atoms with Gasteiger partial charge in [0.2, 0.25) is 0 Å². The van der Waals surface area contributed by atoms with Gasteiger partial charge in [-0.05, 0) is 32.9 Å². The topological polar surface area (TPSA) is 61.8 Å². The maximum absolute atomic E-state index is 11.5. The normalized spacial score (nSPS) is 10.7. The Balaban J connectivity index is 2.85. The molecule has 0 amide bonds. The summed E-state index contributed by atoms with van der Waals surface area (Å²) >= 11 is 0. The molecule has 0 saturated heterocycles. The molecule has 0 unspecified atom stereocenters. The molecule has 5 heteroatoms. The Morgan fingerprint density at radius 3 is 2.28 bits per heavy atom. The molecule has 0 atom stereocenters. The van der Waals surface area contributed by atoms with Gasteiger partial charge < -0.3 is 14.2 Å². The number of ether oxygens (including phenoxy) is 3.